The Labute approximate surface area is 129 Å². The zero-order chi connectivity index (χ0) is 15.0. The number of nitrogens with two attached hydrogens (primary N) is 1. The summed E-state index contributed by atoms with van der Waals surface area (Å²) in [4.78, 5) is 12.4. The Morgan fingerprint density at radius 1 is 1.19 bits per heavy atom. The summed E-state index contributed by atoms with van der Waals surface area (Å²) < 4.78 is 0. The van der Waals surface area contributed by atoms with Gasteiger partial charge in [-0.25, -0.2) is 0 Å². The largest absolute Gasteiger partial charge is 0.398 e. The van der Waals surface area contributed by atoms with Gasteiger partial charge in [0.15, 0.2) is 0 Å². The van der Waals surface area contributed by atoms with Gasteiger partial charge in [0.2, 0.25) is 0 Å². The number of nitrogen functional groups attached to an aromatic ring is 1. The minimum atomic E-state index is -0.117. The number of carbonyl (C=O) groups excluding carboxylic acids is 1. The van der Waals surface area contributed by atoms with Crippen LogP contribution in [0, 0.1) is 6.92 Å². The van der Waals surface area contributed by atoms with Gasteiger partial charge in [-0.3, -0.25) is 4.79 Å². The zero-order valence-corrected chi connectivity index (χ0v) is 12.6. The third-order valence-corrected chi connectivity index (χ3v) is 4.28. The molecule has 0 saturated carbocycles. The Hall–Kier alpha value is -2.00. The van der Waals surface area contributed by atoms with E-state index in [0.717, 1.165) is 18.4 Å². The molecule has 4 heteroatoms. The third-order valence-electron chi connectivity index (χ3n) is 3.95. The standard InChI is InChI=1S/C17H17ClN2O/c1-10-7-15(19)14(18)9-16(10)20-17(21)13-6-5-11-3-2-4-12(11)8-13/h5-9H,2-4,19H2,1H3,(H,20,21). The molecule has 0 aromatic heterocycles. The van der Waals surface area contributed by atoms with Gasteiger partial charge in [-0.1, -0.05) is 17.7 Å². The van der Waals surface area contributed by atoms with Crippen molar-refractivity contribution in [2.75, 3.05) is 11.1 Å². The first kappa shape index (κ1) is 14.0. The van der Waals surface area contributed by atoms with Gasteiger partial charge >= 0.3 is 0 Å². The van der Waals surface area contributed by atoms with Crippen molar-refractivity contribution in [3.63, 3.8) is 0 Å². The molecule has 1 aliphatic rings. The normalized spacial score (nSPS) is 13.0. The first-order chi connectivity index (χ1) is 10.0. The minimum Gasteiger partial charge on any atom is -0.398 e. The van der Waals surface area contributed by atoms with Crippen LogP contribution in [0.2, 0.25) is 5.02 Å². The molecule has 0 heterocycles. The van der Waals surface area contributed by atoms with Crippen LogP contribution in [0.15, 0.2) is 30.3 Å². The van der Waals surface area contributed by atoms with Gasteiger partial charge in [-0.15, -0.1) is 0 Å². The SMILES string of the molecule is Cc1cc(N)c(Cl)cc1NC(=O)c1ccc2c(c1)CCC2. The van der Waals surface area contributed by atoms with Crippen LogP contribution in [-0.2, 0) is 12.8 Å². The molecule has 3 N–H and O–H groups in total. The van der Waals surface area contributed by atoms with Gasteiger partial charge in [-0.2, -0.15) is 0 Å². The number of fused-ring (bicyclic) bond motifs is 1. The minimum absolute atomic E-state index is 0.117. The molecule has 1 amide bonds. The number of amides is 1. The lowest BCUT2D eigenvalue weighted by atomic mass is 10.1. The first-order valence-corrected chi connectivity index (χ1v) is 7.41. The average molecular weight is 301 g/mol. The van der Waals surface area contributed by atoms with Gasteiger partial charge in [0, 0.05) is 11.3 Å². The number of aryl methyl sites for hydroxylation is 3. The molecule has 1 aliphatic carbocycles. The van der Waals surface area contributed by atoms with E-state index in [-0.39, 0.29) is 5.91 Å². The Morgan fingerprint density at radius 3 is 2.76 bits per heavy atom. The summed E-state index contributed by atoms with van der Waals surface area (Å²) in [5, 5.41) is 3.36. The smallest absolute Gasteiger partial charge is 0.255 e. The number of benzene rings is 2. The van der Waals surface area contributed by atoms with E-state index in [2.05, 4.69) is 11.4 Å². The molecule has 2 aromatic carbocycles. The van der Waals surface area contributed by atoms with Crippen LogP contribution >= 0.6 is 11.6 Å². The first-order valence-electron chi connectivity index (χ1n) is 7.03. The van der Waals surface area contributed by atoms with E-state index in [0.29, 0.717) is 22.0 Å². The van der Waals surface area contributed by atoms with Crippen LogP contribution in [0.1, 0.15) is 33.5 Å². The lowest BCUT2D eigenvalue weighted by Crippen LogP contribution is -2.13. The van der Waals surface area contributed by atoms with E-state index in [4.69, 9.17) is 17.3 Å². The highest BCUT2D eigenvalue weighted by Crippen LogP contribution is 2.28. The fraction of sp³-hybridized carbons (Fsp3) is 0.235. The van der Waals surface area contributed by atoms with Crippen LogP contribution in [0.4, 0.5) is 11.4 Å². The number of hydrogen-bond donors (Lipinski definition) is 2. The summed E-state index contributed by atoms with van der Waals surface area (Å²) in [7, 11) is 0. The summed E-state index contributed by atoms with van der Waals surface area (Å²) in [6.45, 7) is 1.89. The van der Waals surface area contributed by atoms with E-state index in [1.165, 1.54) is 17.5 Å². The van der Waals surface area contributed by atoms with Crippen molar-refractivity contribution in [2.24, 2.45) is 0 Å². The molecule has 2 aromatic rings. The maximum absolute atomic E-state index is 12.4. The summed E-state index contributed by atoms with van der Waals surface area (Å²) in [5.74, 6) is -0.117. The summed E-state index contributed by atoms with van der Waals surface area (Å²) >= 11 is 6.02. The van der Waals surface area contributed by atoms with Crippen molar-refractivity contribution in [1.29, 1.82) is 0 Å². The van der Waals surface area contributed by atoms with E-state index in [9.17, 15) is 4.79 Å². The average Bonchev–Trinajstić information content (AvgIpc) is 2.92. The molecule has 21 heavy (non-hydrogen) atoms. The molecular formula is C17H17ClN2O. The lowest BCUT2D eigenvalue weighted by Gasteiger charge is -2.11. The van der Waals surface area contributed by atoms with Gasteiger partial charge in [0.05, 0.1) is 10.7 Å². The zero-order valence-electron chi connectivity index (χ0n) is 11.9. The number of anilines is 2. The number of carbonyl (C=O) groups is 1. The molecule has 3 nitrogen and oxygen atoms in total. The maximum atomic E-state index is 12.4. The number of hydrogen-bond acceptors (Lipinski definition) is 2. The summed E-state index contributed by atoms with van der Waals surface area (Å²) in [5.41, 5.74) is 11.2. The summed E-state index contributed by atoms with van der Waals surface area (Å²) in [6.07, 6.45) is 3.35. The van der Waals surface area contributed by atoms with Crippen LogP contribution in [0.25, 0.3) is 0 Å². The van der Waals surface area contributed by atoms with Crippen LogP contribution in [-0.4, -0.2) is 5.91 Å². The quantitative estimate of drug-likeness (QED) is 0.825. The highest BCUT2D eigenvalue weighted by Gasteiger charge is 2.15. The number of halogens is 1. The van der Waals surface area contributed by atoms with Crippen molar-refractivity contribution in [1.82, 2.24) is 0 Å². The van der Waals surface area contributed by atoms with Crippen molar-refractivity contribution in [3.05, 3.63) is 57.6 Å². The Morgan fingerprint density at radius 2 is 1.95 bits per heavy atom. The van der Waals surface area contributed by atoms with Crippen LogP contribution in [0.3, 0.4) is 0 Å². The lowest BCUT2D eigenvalue weighted by molar-refractivity contribution is 0.102. The fourth-order valence-corrected chi connectivity index (χ4v) is 2.91. The second-order valence-electron chi connectivity index (χ2n) is 5.48. The van der Waals surface area contributed by atoms with Gasteiger partial charge in [0.25, 0.3) is 5.91 Å². The van der Waals surface area contributed by atoms with Crippen LogP contribution in [0.5, 0.6) is 0 Å². The highest BCUT2D eigenvalue weighted by molar-refractivity contribution is 6.33. The molecule has 0 radical (unpaired) electrons. The van der Waals surface area contributed by atoms with Gasteiger partial charge in [0.1, 0.15) is 0 Å². The topological polar surface area (TPSA) is 55.1 Å². The second kappa shape index (κ2) is 5.41. The Balaban J connectivity index is 1.85. The van der Waals surface area contributed by atoms with E-state index >= 15 is 0 Å². The predicted octanol–water partition coefficient (Wildman–Crippen LogP) is 3.97. The molecule has 0 unspecified atom stereocenters. The van der Waals surface area contributed by atoms with Crippen molar-refractivity contribution in [2.45, 2.75) is 26.2 Å². The third kappa shape index (κ3) is 2.74. The van der Waals surface area contributed by atoms with Crippen molar-refractivity contribution in [3.8, 4) is 0 Å². The van der Waals surface area contributed by atoms with Gasteiger partial charge < -0.3 is 11.1 Å². The molecular weight excluding hydrogens is 284 g/mol. The maximum Gasteiger partial charge on any atom is 0.255 e. The molecule has 0 aliphatic heterocycles. The Bertz CT molecular complexity index is 725. The van der Waals surface area contributed by atoms with Crippen molar-refractivity contribution >= 4 is 28.9 Å². The van der Waals surface area contributed by atoms with Gasteiger partial charge in [-0.05, 0) is 67.1 Å². The molecule has 108 valence electrons. The molecule has 3 rings (SSSR count). The van der Waals surface area contributed by atoms with E-state index < -0.39 is 0 Å². The number of rotatable bonds is 2. The fourth-order valence-electron chi connectivity index (χ4n) is 2.75. The number of nitrogens with one attached hydrogen (secondary N) is 1. The molecule has 0 atom stereocenters. The molecule has 0 saturated heterocycles. The Kier molecular flexibility index (Phi) is 3.60. The molecule has 0 bridgehead atoms. The predicted molar refractivity (Wildman–Crippen MR) is 87.0 cm³/mol. The molecule has 0 fully saturated rings. The highest BCUT2D eigenvalue weighted by atomic mass is 35.5. The second-order valence-corrected chi connectivity index (χ2v) is 5.89. The van der Waals surface area contributed by atoms with E-state index in [1.807, 2.05) is 19.1 Å². The van der Waals surface area contributed by atoms with Crippen molar-refractivity contribution < 1.29 is 4.79 Å². The van der Waals surface area contributed by atoms with E-state index in [1.54, 1.807) is 12.1 Å². The molecule has 0 spiro atoms. The summed E-state index contributed by atoms with van der Waals surface area (Å²) in [6, 6.07) is 9.39. The monoisotopic (exact) mass is 300 g/mol. The van der Waals surface area contributed by atoms with Crippen LogP contribution < -0.4 is 11.1 Å².